The first-order valence-corrected chi connectivity index (χ1v) is 7.19. The molecule has 2 rings (SSSR count). The van der Waals surface area contributed by atoms with Crippen LogP contribution in [0.2, 0.25) is 0 Å². The Balaban J connectivity index is 2.87. The first-order chi connectivity index (χ1) is 10.5. The molecule has 0 N–H and O–H groups in total. The van der Waals surface area contributed by atoms with Crippen LogP contribution < -0.4 is 0 Å². The molecular weight excluding hydrogens is 262 g/mol. The van der Waals surface area contributed by atoms with Crippen molar-refractivity contribution >= 4 is 33.4 Å². The normalized spacial score (nSPS) is 16.2. The van der Waals surface area contributed by atoms with Gasteiger partial charge in [0.05, 0.1) is 15.7 Å². The SMILES string of the molecule is [B]C1([B])C(C=C)=C(/C=C\C)c2ccc(C=C)c(/C=C\C=C)c21. The quantitative estimate of drug-likeness (QED) is 0.548. The summed E-state index contributed by atoms with van der Waals surface area (Å²) in [6.45, 7) is 13.5. The van der Waals surface area contributed by atoms with Crippen molar-refractivity contribution in [2.45, 2.75) is 12.1 Å². The van der Waals surface area contributed by atoms with Gasteiger partial charge >= 0.3 is 0 Å². The van der Waals surface area contributed by atoms with Gasteiger partial charge in [0, 0.05) is 0 Å². The summed E-state index contributed by atoms with van der Waals surface area (Å²) in [6.07, 6.45) is 13.1. The minimum Gasteiger partial charge on any atom is -0.0991 e. The summed E-state index contributed by atoms with van der Waals surface area (Å²) in [5.74, 6) is 0. The lowest BCUT2D eigenvalue weighted by atomic mass is 9.48. The molecule has 0 saturated heterocycles. The summed E-state index contributed by atoms with van der Waals surface area (Å²) < 4.78 is 0. The third-order valence-corrected chi connectivity index (χ3v) is 3.88. The van der Waals surface area contributed by atoms with E-state index in [2.05, 4.69) is 19.7 Å². The zero-order valence-electron chi connectivity index (χ0n) is 13.0. The molecule has 104 valence electrons. The van der Waals surface area contributed by atoms with Gasteiger partial charge in [0.2, 0.25) is 0 Å². The van der Waals surface area contributed by atoms with Crippen LogP contribution in [-0.2, 0) is 5.21 Å². The first kappa shape index (κ1) is 16.2. The maximum Gasteiger partial charge on any atom is 0.0746 e. The molecule has 0 bridgehead atoms. The molecule has 0 aromatic heterocycles. The van der Waals surface area contributed by atoms with Crippen molar-refractivity contribution in [3.63, 3.8) is 0 Å². The van der Waals surface area contributed by atoms with Gasteiger partial charge in [-0.1, -0.05) is 79.6 Å². The highest BCUT2D eigenvalue weighted by Gasteiger charge is 2.36. The molecule has 0 heterocycles. The number of hydrogen-bond donors (Lipinski definition) is 0. The van der Waals surface area contributed by atoms with Gasteiger partial charge in [-0.05, 0) is 40.3 Å². The van der Waals surface area contributed by atoms with Gasteiger partial charge in [-0.3, -0.25) is 0 Å². The highest BCUT2D eigenvalue weighted by atomic mass is 14.3. The van der Waals surface area contributed by atoms with Crippen molar-refractivity contribution < 1.29 is 0 Å². The Morgan fingerprint density at radius 2 is 1.77 bits per heavy atom. The molecular formula is C20H18B2. The monoisotopic (exact) mass is 280 g/mol. The van der Waals surface area contributed by atoms with Gasteiger partial charge in [0.15, 0.2) is 0 Å². The van der Waals surface area contributed by atoms with Crippen LogP contribution in [-0.4, -0.2) is 15.7 Å². The lowest BCUT2D eigenvalue weighted by Crippen LogP contribution is -2.27. The molecule has 22 heavy (non-hydrogen) atoms. The van der Waals surface area contributed by atoms with Crippen LogP contribution >= 0.6 is 0 Å². The van der Waals surface area contributed by atoms with E-state index in [1.54, 1.807) is 18.2 Å². The van der Waals surface area contributed by atoms with Crippen molar-refractivity contribution in [2.24, 2.45) is 0 Å². The average Bonchev–Trinajstić information content (AvgIpc) is 2.72. The minimum atomic E-state index is -1.08. The second kappa shape index (κ2) is 6.27. The number of benzene rings is 1. The molecule has 0 atom stereocenters. The molecule has 0 nitrogen and oxygen atoms in total. The topological polar surface area (TPSA) is 0 Å². The van der Waals surface area contributed by atoms with Crippen molar-refractivity contribution in [1.29, 1.82) is 0 Å². The van der Waals surface area contributed by atoms with Gasteiger partial charge in [0.25, 0.3) is 0 Å². The van der Waals surface area contributed by atoms with Crippen molar-refractivity contribution in [3.8, 4) is 0 Å². The molecule has 0 spiro atoms. The fourth-order valence-electron chi connectivity index (χ4n) is 2.96. The molecule has 1 aliphatic rings. The Bertz CT molecular complexity index is 728. The summed E-state index contributed by atoms with van der Waals surface area (Å²) in [5.41, 5.74) is 5.73. The van der Waals surface area contributed by atoms with Gasteiger partial charge in [-0.25, -0.2) is 0 Å². The summed E-state index contributed by atoms with van der Waals surface area (Å²) in [7, 11) is 13.0. The number of rotatable bonds is 5. The fourth-order valence-corrected chi connectivity index (χ4v) is 2.96. The summed E-state index contributed by atoms with van der Waals surface area (Å²) in [6, 6.07) is 4.07. The van der Waals surface area contributed by atoms with Crippen LogP contribution in [0, 0.1) is 0 Å². The molecule has 0 aliphatic heterocycles. The first-order valence-electron chi connectivity index (χ1n) is 7.19. The molecule has 0 unspecified atom stereocenters. The largest absolute Gasteiger partial charge is 0.0991 e. The Kier molecular flexibility index (Phi) is 4.61. The van der Waals surface area contributed by atoms with Crippen LogP contribution in [0.3, 0.4) is 0 Å². The van der Waals surface area contributed by atoms with E-state index in [1.807, 2.05) is 43.4 Å². The van der Waals surface area contributed by atoms with E-state index in [4.69, 9.17) is 15.7 Å². The van der Waals surface area contributed by atoms with E-state index in [0.717, 1.165) is 33.4 Å². The van der Waals surface area contributed by atoms with Crippen LogP contribution in [0.25, 0.3) is 17.7 Å². The zero-order valence-corrected chi connectivity index (χ0v) is 13.0. The van der Waals surface area contributed by atoms with Crippen molar-refractivity contribution in [1.82, 2.24) is 0 Å². The van der Waals surface area contributed by atoms with Crippen LogP contribution in [0.4, 0.5) is 0 Å². The zero-order chi connectivity index (χ0) is 16.3. The third kappa shape index (κ3) is 2.39. The van der Waals surface area contributed by atoms with E-state index >= 15 is 0 Å². The predicted octanol–water partition coefficient (Wildman–Crippen LogP) is 4.55. The maximum absolute atomic E-state index is 6.48. The smallest absolute Gasteiger partial charge is 0.0746 e. The van der Waals surface area contributed by atoms with Gasteiger partial charge in [0.1, 0.15) is 0 Å². The van der Waals surface area contributed by atoms with Gasteiger partial charge in [-0.15, -0.1) is 0 Å². The van der Waals surface area contributed by atoms with Gasteiger partial charge in [-0.2, -0.15) is 0 Å². The summed E-state index contributed by atoms with van der Waals surface area (Å²) >= 11 is 0. The van der Waals surface area contributed by atoms with E-state index < -0.39 is 5.21 Å². The minimum absolute atomic E-state index is 0.829. The van der Waals surface area contributed by atoms with E-state index in [1.165, 1.54) is 0 Å². The molecule has 1 aliphatic carbocycles. The summed E-state index contributed by atoms with van der Waals surface area (Å²) in [4.78, 5) is 0. The second-order valence-electron chi connectivity index (χ2n) is 5.19. The molecule has 0 fully saturated rings. The summed E-state index contributed by atoms with van der Waals surface area (Å²) in [5, 5.41) is -1.08. The molecule has 0 saturated carbocycles. The lowest BCUT2D eigenvalue weighted by Gasteiger charge is -2.26. The Labute approximate surface area is 136 Å². The van der Waals surface area contributed by atoms with Crippen LogP contribution in [0.5, 0.6) is 0 Å². The lowest BCUT2D eigenvalue weighted by molar-refractivity contribution is 1.06. The van der Waals surface area contributed by atoms with E-state index in [-0.39, 0.29) is 0 Å². The van der Waals surface area contributed by atoms with Crippen LogP contribution in [0.15, 0.2) is 67.8 Å². The van der Waals surface area contributed by atoms with Gasteiger partial charge < -0.3 is 0 Å². The van der Waals surface area contributed by atoms with Crippen molar-refractivity contribution in [3.05, 3.63) is 90.1 Å². The molecule has 0 amide bonds. The standard InChI is InChI=1S/C20H18B2/c1-5-9-11-15-14(7-3)12-13-17-16(10-6-2)18(8-4)20(21,22)19(15)17/h5-13H,1,3-4H2,2H3/b10-6-,11-9-. The highest BCUT2D eigenvalue weighted by Crippen LogP contribution is 2.46. The average molecular weight is 280 g/mol. The number of fused-ring (bicyclic) bond motifs is 1. The Morgan fingerprint density at radius 1 is 1.05 bits per heavy atom. The Morgan fingerprint density at radius 3 is 2.32 bits per heavy atom. The van der Waals surface area contributed by atoms with E-state index in [0.29, 0.717) is 0 Å². The third-order valence-electron chi connectivity index (χ3n) is 3.88. The van der Waals surface area contributed by atoms with Crippen molar-refractivity contribution in [2.75, 3.05) is 0 Å². The van der Waals surface area contributed by atoms with E-state index in [9.17, 15) is 0 Å². The fraction of sp³-hybridized carbons (Fsp3) is 0.100. The number of allylic oxidation sites excluding steroid dienone is 7. The molecule has 1 aromatic carbocycles. The molecule has 2 heteroatoms. The molecule has 1 aromatic rings. The second-order valence-corrected chi connectivity index (χ2v) is 5.19. The Hall–Kier alpha value is -2.21. The predicted molar refractivity (Wildman–Crippen MR) is 101 cm³/mol. The maximum atomic E-state index is 6.48. The highest BCUT2D eigenvalue weighted by molar-refractivity contribution is 6.45. The van der Waals surface area contributed by atoms with Crippen LogP contribution in [0.1, 0.15) is 29.2 Å². The molecule has 4 radical (unpaired) electrons. The number of hydrogen-bond acceptors (Lipinski definition) is 0.